The lowest BCUT2D eigenvalue weighted by molar-refractivity contribution is 0.104. The van der Waals surface area contributed by atoms with Crippen LogP contribution in [0.15, 0.2) is 51.6 Å². The van der Waals surface area contributed by atoms with Crippen molar-refractivity contribution in [3.05, 3.63) is 63.5 Å². The number of carbonyl (C=O) groups is 1. The van der Waals surface area contributed by atoms with E-state index < -0.39 is 0 Å². The molecule has 0 aliphatic heterocycles. The quantitative estimate of drug-likeness (QED) is 0.613. The molecular formula is C13H8BrClO2. The average molecular weight is 312 g/mol. The van der Waals surface area contributed by atoms with Crippen LogP contribution in [0.1, 0.15) is 16.1 Å². The highest BCUT2D eigenvalue weighted by Gasteiger charge is 2.02. The molecule has 0 aliphatic rings. The SMILES string of the molecule is O=C(/C=C/c1ccc(Br)o1)c1cccc(Cl)c1. The number of rotatable bonds is 3. The van der Waals surface area contributed by atoms with Crippen LogP contribution in [0, 0.1) is 0 Å². The smallest absolute Gasteiger partial charge is 0.186 e. The van der Waals surface area contributed by atoms with Gasteiger partial charge in [0.25, 0.3) is 0 Å². The molecule has 2 rings (SSSR count). The molecule has 0 saturated carbocycles. The molecule has 0 saturated heterocycles. The third kappa shape index (κ3) is 3.32. The summed E-state index contributed by atoms with van der Waals surface area (Å²) in [5.41, 5.74) is 0.555. The van der Waals surface area contributed by atoms with Crippen LogP contribution in [0.5, 0.6) is 0 Å². The fourth-order valence-electron chi connectivity index (χ4n) is 1.31. The number of hydrogen-bond donors (Lipinski definition) is 0. The summed E-state index contributed by atoms with van der Waals surface area (Å²) in [5.74, 6) is 0.507. The van der Waals surface area contributed by atoms with Crippen LogP contribution >= 0.6 is 27.5 Å². The number of allylic oxidation sites excluding steroid dienone is 1. The number of carbonyl (C=O) groups excluding carboxylic acids is 1. The zero-order valence-corrected chi connectivity index (χ0v) is 11.0. The van der Waals surface area contributed by atoms with Crippen molar-refractivity contribution in [1.82, 2.24) is 0 Å². The number of halogens is 2. The number of hydrogen-bond acceptors (Lipinski definition) is 2. The Hall–Kier alpha value is -1.32. The summed E-state index contributed by atoms with van der Waals surface area (Å²) in [4.78, 5) is 11.8. The van der Waals surface area contributed by atoms with E-state index in [2.05, 4.69) is 15.9 Å². The Bertz CT molecular complexity index is 572. The Morgan fingerprint density at radius 3 is 2.76 bits per heavy atom. The molecule has 0 radical (unpaired) electrons. The summed E-state index contributed by atoms with van der Waals surface area (Å²) < 4.78 is 5.88. The minimum Gasteiger partial charge on any atom is -0.450 e. The van der Waals surface area contributed by atoms with E-state index in [0.29, 0.717) is 21.0 Å². The first-order chi connectivity index (χ1) is 8.15. The molecule has 0 atom stereocenters. The second-order valence-corrected chi connectivity index (χ2v) is 4.57. The van der Waals surface area contributed by atoms with E-state index in [0.717, 1.165) is 0 Å². The van der Waals surface area contributed by atoms with Crippen molar-refractivity contribution in [2.24, 2.45) is 0 Å². The maximum atomic E-state index is 11.8. The highest BCUT2D eigenvalue weighted by Crippen LogP contribution is 2.16. The van der Waals surface area contributed by atoms with Gasteiger partial charge >= 0.3 is 0 Å². The van der Waals surface area contributed by atoms with Gasteiger partial charge in [-0.2, -0.15) is 0 Å². The van der Waals surface area contributed by atoms with E-state index in [1.165, 1.54) is 6.08 Å². The van der Waals surface area contributed by atoms with E-state index in [4.69, 9.17) is 16.0 Å². The molecule has 0 fully saturated rings. The van der Waals surface area contributed by atoms with Gasteiger partial charge in [0, 0.05) is 10.6 Å². The maximum Gasteiger partial charge on any atom is 0.186 e. The summed E-state index contributed by atoms with van der Waals surface area (Å²) in [5, 5.41) is 0.546. The molecule has 2 aromatic rings. The molecule has 0 aliphatic carbocycles. The Labute approximate surface area is 112 Å². The molecule has 0 N–H and O–H groups in total. The largest absolute Gasteiger partial charge is 0.450 e. The van der Waals surface area contributed by atoms with Crippen molar-refractivity contribution in [2.75, 3.05) is 0 Å². The monoisotopic (exact) mass is 310 g/mol. The molecule has 0 unspecified atom stereocenters. The van der Waals surface area contributed by atoms with Crippen LogP contribution in [0.3, 0.4) is 0 Å². The second kappa shape index (κ2) is 5.34. The fourth-order valence-corrected chi connectivity index (χ4v) is 1.82. The van der Waals surface area contributed by atoms with Gasteiger partial charge in [0.2, 0.25) is 0 Å². The molecule has 17 heavy (non-hydrogen) atoms. The van der Waals surface area contributed by atoms with Gasteiger partial charge in [-0.05, 0) is 52.3 Å². The molecule has 1 aromatic carbocycles. The van der Waals surface area contributed by atoms with Crippen LogP contribution in [-0.4, -0.2) is 5.78 Å². The fraction of sp³-hybridized carbons (Fsp3) is 0. The zero-order valence-electron chi connectivity index (χ0n) is 8.69. The minimum atomic E-state index is -0.111. The Morgan fingerprint density at radius 1 is 1.29 bits per heavy atom. The predicted octanol–water partition coefficient (Wildman–Crippen LogP) is 4.59. The summed E-state index contributed by atoms with van der Waals surface area (Å²) in [6.07, 6.45) is 3.07. The third-order valence-electron chi connectivity index (χ3n) is 2.10. The van der Waals surface area contributed by atoms with Gasteiger partial charge in [-0.3, -0.25) is 4.79 Å². The van der Waals surface area contributed by atoms with E-state index in [-0.39, 0.29) is 5.78 Å². The number of ketones is 1. The second-order valence-electron chi connectivity index (χ2n) is 3.35. The maximum absolute atomic E-state index is 11.8. The molecule has 1 heterocycles. The molecule has 0 amide bonds. The Balaban J connectivity index is 2.14. The average Bonchev–Trinajstić information content (AvgIpc) is 2.72. The van der Waals surface area contributed by atoms with Gasteiger partial charge < -0.3 is 4.42 Å². The Morgan fingerprint density at radius 2 is 2.12 bits per heavy atom. The van der Waals surface area contributed by atoms with Crippen LogP contribution in [-0.2, 0) is 0 Å². The van der Waals surface area contributed by atoms with Crippen molar-refractivity contribution in [3.8, 4) is 0 Å². The lowest BCUT2D eigenvalue weighted by atomic mass is 10.1. The summed E-state index contributed by atoms with van der Waals surface area (Å²) >= 11 is 9.00. The van der Waals surface area contributed by atoms with E-state index in [1.54, 1.807) is 42.5 Å². The molecule has 1 aromatic heterocycles. The lowest BCUT2D eigenvalue weighted by Crippen LogP contribution is -1.93. The van der Waals surface area contributed by atoms with E-state index in [1.807, 2.05) is 0 Å². The van der Waals surface area contributed by atoms with Crippen molar-refractivity contribution in [3.63, 3.8) is 0 Å². The van der Waals surface area contributed by atoms with Gasteiger partial charge in [-0.15, -0.1) is 0 Å². The highest BCUT2D eigenvalue weighted by atomic mass is 79.9. The van der Waals surface area contributed by atoms with Crippen LogP contribution < -0.4 is 0 Å². The molecule has 4 heteroatoms. The summed E-state index contributed by atoms with van der Waals surface area (Å²) in [6.45, 7) is 0. The zero-order chi connectivity index (χ0) is 12.3. The van der Waals surface area contributed by atoms with Crippen molar-refractivity contribution in [2.45, 2.75) is 0 Å². The summed E-state index contributed by atoms with van der Waals surface area (Å²) in [6, 6.07) is 10.4. The number of benzene rings is 1. The predicted molar refractivity (Wildman–Crippen MR) is 71.2 cm³/mol. The van der Waals surface area contributed by atoms with Gasteiger partial charge in [0.15, 0.2) is 10.5 Å². The normalized spacial score (nSPS) is 10.9. The summed E-state index contributed by atoms with van der Waals surface area (Å²) in [7, 11) is 0. The first-order valence-corrected chi connectivity index (χ1v) is 6.05. The Kier molecular flexibility index (Phi) is 3.82. The molecule has 0 spiro atoms. The van der Waals surface area contributed by atoms with E-state index >= 15 is 0 Å². The third-order valence-corrected chi connectivity index (χ3v) is 2.76. The highest BCUT2D eigenvalue weighted by molar-refractivity contribution is 9.10. The van der Waals surface area contributed by atoms with Gasteiger partial charge in [0.1, 0.15) is 5.76 Å². The minimum absolute atomic E-state index is 0.111. The standard InChI is InChI=1S/C13H8BrClO2/c14-13-7-5-11(17-13)4-6-12(16)9-2-1-3-10(15)8-9/h1-8H/b6-4+. The topological polar surface area (TPSA) is 30.2 Å². The van der Waals surface area contributed by atoms with Crippen molar-refractivity contribution < 1.29 is 9.21 Å². The molecular weight excluding hydrogens is 303 g/mol. The van der Waals surface area contributed by atoms with Crippen molar-refractivity contribution >= 4 is 39.4 Å². The van der Waals surface area contributed by atoms with E-state index in [9.17, 15) is 4.79 Å². The molecule has 2 nitrogen and oxygen atoms in total. The first kappa shape index (κ1) is 12.1. The van der Waals surface area contributed by atoms with Gasteiger partial charge in [-0.1, -0.05) is 23.7 Å². The van der Waals surface area contributed by atoms with Crippen LogP contribution in [0.25, 0.3) is 6.08 Å². The van der Waals surface area contributed by atoms with Crippen LogP contribution in [0.4, 0.5) is 0 Å². The number of furan rings is 1. The molecule has 0 bridgehead atoms. The van der Waals surface area contributed by atoms with Crippen molar-refractivity contribution in [1.29, 1.82) is 0 Å². The molecule has 86 valence electrons. The van der Waals surface area contributed by atoms with Gasteiger partial charge in [0.05, 0.1) is 0 Å². The van der Waals surface area contributed by atoms with Gasteiger partial charge in [-0.25, -0.2) is 0 Å². The lowest BCUT2D eigenvalue weighted by Gasteiger charge is -1.95. The first-order valence-electron chi connectivity index (χ1n) is 4.88. The van der Waals surface area contributed by atoms with Crippen LogP contribution in [0.2, 0.25) is 5.02 Å².